The Labute approximate surface area is 200 Å². The van der Waals surface area contributed by atoms with E-state index in [-0.39, 0.29) is 39.1 Å². The van der Waals surface area contributed by atoms with Crippen molar-refractivity contribution in [3.05, 3.63) is 90.9 Å². The van der Waals surface area contributed by atoms with Crippen LogP contribution in [0.3, 0.4) is 0 Å². The molecule has 2 heterocycles. The normalized spacial score (nSPS) is 10.7. The SMILES string of the molecule is COc1cc([N+](=O)[O-])cc2cc(C(=O)Oc3ccc(Oc4ncc(Cl)cc4Cl)cc3)c(=O)oc12. The number of rotatable bonds is 6. The third-order valence-electron chi connectivity index (χ3n) is 4.46. The van der Waals surface area contributed by atoms with Gasteiger partial charge in [-0.3, -0.25) is 10.1 Å². The van der Waals surface area contributed by atoms with Gasteiger partial charge < -0.3 is 18.6 Å². The molecule has 0 saturated heterocycles. The van der Waals surface area contributed by atoms with Crippen LogP contribution < -0.4 is 19.8 Å². The van der Waals surface area contributed by atoms with Gasteiger partial charge in [0.05, 0.1) is 23.1 Å². The second-order valence-corrected chi connectivity index (χ2v) is 7.52. The number of methoxy groups -OCH3 is 1. The molecule has 10 nitrogen and oxygen atoms in total. The molecule has 2 aromatic carbocycles. The van der Waals surface area contributed by atoms with Gasteiger partial charge in [0.1, 0.15) is 22.1 Å². The van der Waals surface area contributed by atoms with Crippen molar-refractivity contribution in [1.82, 2.24) is 4.98 Å². The van der Waals surface area contributed by atoms with Crippen molar-refractivity contribution in [3.8, 4) is 23.1 Å². The first-order valence-electron chi connectivity index (χ1n) is 9.36. The van der Waals surface area contributed by atoms with Gasteiger partial charge in [-0.2, -0.15) is 0 Å². The van der Waals surface area contributed by atoms with Crippen molar-refractivity contribution in [2.45, 2.75) is 0 Å². The van der Waals surface area contributed by atoms with Crippen LogP contribution in [0.4, 0.5) is 5.69 Å². The van der Waals surface area contributed by atoms with E-state index in [0.29, 0.717) is 10.8 Å². The zero-order valence-corrected chi connectivity index (χ0v) is 18.6. The number of carbonyl (C=O) groups is 1. The second-order valence-electron chi connectivity index (χ2n) is 6.67. The molecule has 0 aliphatic rings. The molecule has 0 aliphatic heterocycles. The number of benzene rings is 2. The van der Waals surface area contributed by atoms with E-state index in [1.54, 1.807) is 0 Å². The molecule has 0 N–H and O–H groups in total. The fourth-order valence-electron chi connectivity index (χ4n) is 2.91. The van der Waals surface area contributed by atoms with Crippen molar-refractivity contribution < 1.29 is 28.3 Å². The summed E-state index contributed by atoms with van der Waals surface area (Å²) in [6.45, 7) is 0. The summed E-state index contributed by atoms with van der Waals surface area (Å²) in [5, 5.41) is 11.8. The second kappa shape index (κ2) is 9.38. The predicted molar refractivity (Wildman–Crippen MR) is 121 cm³/mol. The Morgan fingerprint density at radius 1 is 1.09 bits per heavy atom. The maximum Gasteiger partial charge on any atom is 0.351 e. The summed E-state index contributed by atoms with van der Waals surface area (Å²) in [6, 6.07) is 10.7. The van der Waals surface area contributed by atoms with E-state index >= 15 is 0 Å². The first kappa shape index (κ1) is 23.0. The maximum atomic E-state index is 12.6. The number of fused-ring (bicyclic) bond motifs is 1. The molecular weight excluding hydrogens is 491 g/mol. The van der Waals surface area contributed by atoms with E-state index in [1.807, 2.05) is 0 Å². The van der Waals surface area contributed by atoms with Crippen molar-refractivity contribution in [3.63, 3.8) is 0 Å². The zero-order chi connectivity index (χ0) is 24.4. The van der Waals surface area contributed by atoms with Crippen LogP contribution in [0.25, 0.3) is 11.0 Å². The molecule has 172 valence electrons. The minimum absolute atomic E-state index is 0.0212. The number of halogens is 2. The minimum Gasteiger partial charge on any atom is -0.493 e. The first-order valence-corrected chi connectivity index (χ1v) is 10.1. The van der Waals surface area contributed by atoms with Crippen LogP contribution >= 0.6 is 23.2 Å². The maximum absolute atomic E-state index is 12.6. The number of nitrogens with zero attached hydrogens (tertiary/aromatic N) is 2. The van der Waals surface area contributed by atoms with Gasteiger partial charge in [0, 0.05) is 17.6 Å². The molecule has 0 amide bonds. The molecule has 0 unspecified atom stereocenters. The van der Waals surface area contributed by atoms with Crippen LogP contribution in [0, 0.1) is 10.1 Å². The van der Waals surface area contributed by atoms with Crippen LogP contribution in [0.2, 0.25) is 10.0 Å². The smallest absolute Gasteiger partial charge is 0.351 e. The number of hydrogen-bond acceptors (Lipinski definition) is 9. The quantitative estimate of drug-likeness (QED) is 0.111. The first-order chi connectivity index (χ1) is 16.2. The molecule has 0 radical (unpaired) electrons. The predicted octanol–water partition coefficient (Wildman–Crippen LogP) is 5.42. The molecule has 4 rings (SSSR count). The highest BCUT2D eigenvalue weighted by Crippen LogP contribution is 2.32. The summed E-state index contributed by atoms with van der Waals surface area (Å²) in [5.74, 6) is -0.455. The fourth-order valence-corrected chi connectivity index (χ4v) is 3.33. The topological polar surface area (TPSA) is 131 Å². The molecule has 34 heavy (non-hydrogen) atoms. The number of nitro groups is 1. The van der Waals surface area contributed by atoms with Crippen LogP contribution in [0.1, 0.15) is 10.4 Å². The lowest BCUT2D eigenvalue weighted by atomic mass is 10.1. The van der Waals surface area contributed by atoms with Crippen LogP contribution in [-0.4, -0.2) is 23.0 Å². The van der Waals surface area contributed by atoms with Crippen LogP contribution in [-0.2, 0) is 0 Å². The van der Waals surface area contributed by atoms with Crippen LogP contribution in [0.5, 0.6) is 23.1 Å². The van der Waals surface area contributed by atoms with Gasteiger partial charge in [0.15, 0.2) is 11.3 Å². The lowest BCUT2D eigenvalue weighted by molar-refractivity contribution is -0.384. The highest BCUT2D eigenvalue weighted by Gasteiger charge is 2.21. The molecule has 0 atom stereocenters. The Hall–Kier alpha value is -4.15. The molecule has 0 aliphatic carbocycles. The summed E-state index contributed by atoms with van der Waals surface area (Å²) in [6.07, 6.45) is 1.37. The average Bonchev–Trinajstić information content (AvgIpc) is 2.80. The number of ether oxygens (including phenoxy) is 3. The van der Waals surface area contributed by atoms with E-state index in [2.05, 4.69) is 4.98 Å². The van der Waals surface area contributed by atoms with E-state index in [0.717, 1.165) is 18.2 Å². The number of hydrogen-bond donors (Lipinski definition) is 0. The number of carbonyl (C=O) groups excluding carboxylic acids is 1. The summed E-state index contributed by atoms with van der Waals surface area (Å²) >= 11 is 11.8. The summed E-state index contributed by atoms with van der Waals surface area (Å²) in [5.41, 5.74) is -1.78. The van der Waals surface area contributed by atoms with Gasteiger partial charge in [0.25, 0.3) is 5.69 Å². The third kappa shape index (κ3) is 4.77. The van der Waals surface area contributed by atoms with E-state index in [9.17, 15) is 19.7 Å². The van der Waals surface area contributed by atoms with Gasteiger partial charge in [-0.05, 0) is 36.4 Å². The number of pyridine rings is 1. The molecular formula is C22H12Cl2N2O8. The van der Waals surface area contributed by atoms with Gasteiger partial charge in [-0.1, -0.05) is 23.2 Å². The minimum atomic E-state index is -1.02. The molecule has 0 saturated carbocycles. The van der Waals surface area contributed by atoms with Gasteiger partial charge in [-0.15, -0.1) is 0 Å². The Kier molecular flexibility index (Phi) is 6.35. The summed E-state index contributed by atoms with van der Waals surface area (Å²) in [7, 11) is 1.27. The molecule has 12 heteroatoms. The van der Waals surface area contributed by atoms with Crippen molar-refractivity contribution >= 4 is 45.8 Å². The molecule has 0 bridgehead atoms. The molecule has 2 aromatic heterocycles. The lowest BCUT2D eigenvalue weighted by Gasteiger charge is -2.08. The van der Waals surface area contributed by atoms with Gasteiger partial charge >= 0.3 is 11.6 Å². The number of esters is 1. The highest BCUT2D eigenvalue weighted by molar-refractivity contribution is 6.35. The fraction of sp³-hybridized carbons (Fsp3) is 0.0455. The van der Waals surface area contributed by atoms with Crippen molar-refractivity contribution in [1.29, 1.82) is 0 Å². The third-order valence-corrected chi connectivity index (χ3v) is 4.93. The van der Waals surface area contributed by atoms with E-state index < -0.39 is 22.1 Å². The van der Waals surface area contributed by atoms with Gasteiger partial charge in [-0.25, -0.2) is 14.6 Å². The Morgan fingerprint density at radius 2 is 1.79 bits per heavy atom. The van der Waals surface area contributed by atoms with E-state index in [4.69, 9.17) is 41.8 Å². The summed E-state index contributed by atoms with van der Waals surface area (Å²) < 4.78 is 21.0. The average molecular weight is 503 g/mol. The molecule has 0 fully saturated rings. The highest BCUT2D eigenvalue weighted by atomic mass is 35.5. The number of non-ortho nitro benzene ring substituents is 1. The van der Waals surface area contributed by atoms with Gasteiger partial charge in [0.2, 0.25) is 5.88 Å². The summed E-state index contributed by atoms with van der Waals surface area (Å²) in [4.78, 5) is 39.4. The van der Waals surface area contributed by atoms with E-state index in [1.165, 1.54) is 43.6 Å². The van der Waals surface area contributed by atoms with Crippen molar-refractivity contribution in [2.24, 2.45) is 0 Å². The number of nitro benzene ring substituents is 1. The Bertz CT molecular complexity index is 1490. The monoisotopic (exact) mass is 502 g/mol. The standard InChI is InChI=1S/C22H12Cl2N2O8/c1-31-18-9-13(26(29)30)6-11-7-16(22(28)34-19(11)18)21(27)33-15-4-2-14(3-5-15)32-20-17(24)8-12(23)10-25-20/h2-10H,1H3. The lowest BCUT2D eigenvalue weighted by Crippen LogP contribution is -2.18. The zero-order valence-electron chi connectivity index (χ0n) is 17.1. The van der Waals surface area contributed by atoms with Crippen LogP contribution in [0.15, 0.2) is 63.9 Å². The van der Waals surface area contributed by atoms with Crippen molar-refractivity contribution in [2.75, 3.05) is 7.11 Å². The largest absolute Gasteiger partial charge is 0.493 e. The Balaban J connectivity index is 1.57. The Morgan fingerprint density at radius 3 is 2.44 bits per heavy atom. The molecule has 4 aromatic rings. The number of aromatic nitrogens is 1. The molecule has 0 spiro atoms.